The second kappa shape index (κ2) is 7.23. The minimum Gasteiger partial charge on any atom is -0.341 e. The largest absolute Gasteiger partial charge is 0.341 e. The average molecular weight is 357 g/mol. The van der Waals surface area contributed by atoms with Gasteiger partial charge in [-0.3, -0.25) is 9.78 Å². The number of rotatable bonds is 5. The molecule has 0 bridgehead atoms. The molecule has 2 aromatic heterocycles. The lowest BCUT2D eigenvalue weighted by Crippen LogP contribution is -2.22. The molecule has 4 heteroatoms. The average Bonchev–Trinajstić information content (AvgIpc) is 3.02. The van der Waals surface area contributed by atoms with E-state index in [1.807, 2.05) is 25.1 Å². The molecule has 1 amide bonds. The van der Waals surface area contributed by atoms with Crippen LogP contribution >= 0.6 is 0 Å². The number of para-hydroxylation sites is 1. The maximum atomic E-state index is 12.6. The molecular formula is C23H23N3O. The van der Waals surface area contributed by atoms with E-state index in [0.717, 1.165) is 17.8 Å². The lowest BCUT2D eigenvalue weighted by atomic mass is 10.0. The Balaban J connectivity index is 1.61. The van der Waals surface area contributed by atoms with E-state index in [9.17, 15) is 4.79 Å². The van der Waals surface area contributed by atoms with Crippen LogP contribution in [0.25, 0.3) is 21.8 Å². The molecule has 1 atom stereocenters. The maximum absolute atomic E-state index is 12.6. The molecule has 1 unspecified atom stereocenters. The van der Waals surface area contributed by atoms with Gasteiger partial charge in [-0.25, -0.2) is 0 Å². The summed E-state index contributed by atoms with van der Waals surface area (Å²) in [6.07, 6.45) is 4.22. The number of hydrogen-bond acceptors (Lipinski definition) is 2. The Kier molecular flexibility index (Phi) is 4.63. The van der Waals surface area contributed by atoms with Crippen LogP contribution in [0.2, 0.25) is 0 Å². The molecule has 4 nitrogen and oxygen atoms in total. The first-order valence-electron chi connectivity index (χ1n) is 9.38. The molecule has 0 aliphatic heterocycles. The monoisotopic (exact) mass is 357 g/mol. The van der Waals surface area contributed by atoms with Crippen molar-refractivity contribution in [2.45, 2.75) is 26.8 Å². The zero-order valence-corrected chi connectivity index (χ0v) is 15.6. The SMILES string of the molecule is CCn1c2ccccc2c2cc(NC(=O)C(C)Cc3ccncc3)ccc21. The number of amides is 1. The Morgan fingerprint density at radius 3 is 2.56 bits per heavy atom. The highest BCUT2D eigenvalue weighted by Gasteiger charge is 2.15. The molecule has 0 saturated carbocycles. The van der Waals surface area contributed by atoms with Crippen molar-refractivity contribution < 1.29 is 4.79 Å². The molecule has 2 heterocycles. The van der Waals surface area contributed by atoms with Gasteiger partial charge in [-0.2, -0.15) is 0 Å². The van der Waals surface area contributed by atoms with Crippen molar-refractivity contribution in [3.05, 3.63) is 72.6 Å². The highest BCUT2D eigenvalue weighted by molar-refractivity contribution is 6.09. The highest BCUT2D eigenvalue weighted by Crippen LogP contribution is 2.31. The predicted octanol–water partition coefficient (Wildman–Crippen LogP) is 5.03. The van der Waals surface area contributed by atoms with E-state index < -0.39 is 0 Å². The number of anilines is 1. The summed E-state index contributed by atoms with van der Waals surface area (Å²) in [4.78, 5) is 16.7. The first kappa shape index (κ1) is 17.3. The molecule has 0 spiro atoms. The molecule has 27 heavy (non-hydrogen) atoms. The summed E-state index contributed by atoms with van der Waals surface area (Å²) in [6, 6.07) is 18.5. The summed E-state index contributed by atoms with van der Waals surface area (Å²) in [5, 5.41) is 5.47. The number of pyridine rings is 1. The van der Waals surface area contributed by atoms with Crippen LogP contribution in [-0.4, -0.2) is 15.5 Å². The molecule has 136 valence electrons. The van der Waals surface area contributed by atoms with Crippen molar-refractivity contribution in [2.75, 3.05) is 5.32 Å². The second-order valence-corrected chi connectivity index (χ2v) is 6.94. The molecule has 2 aromatic carbocycles. The fourth-order valence-electron chi connectivity index (χ4n) is 3.70. The van der Waals surface area contributed by atoms with Crippen LogP contribution in [0.1, 0.15) is 19.4 Å². The number of nitrogens with one attached hydrogen (secondary N) is 1. The van der Waals surface area contributed by atoms with Crippen molar-refractivity contribution >= 4 is 33.4 Å². The van der Waals surface area contributed by atoms with Crippen molar-refractivity contribution in [3.8, 4) is 0 Å². The van der Waals surface area contributed by atoms with Gasteiger partial charge in [-0.15, -0.1) is 0 Å². The molecule has 0 saturated heterocycles. The third kappa shape index (κ3) is 3.31. The predicted molar refractivity (Wildman–Crippen MR) is 111 cm³/mol. The number of benzene rings is 2. The second-order valence-electron chi connectivity index (χ2n) is 6.94. The van der Waals surface area contributed by atoms with Crippen LogP contribution in [0.5, 0.6) is 0 Å². The van der Waals surface area contributed by atoms with Crippen molar-refractivity contribution in [3.63, 3.8) is 0 Å². The number of aryl methyl sites for hydroxylation is 1. The van der Waals surface area contributed by atoms with Gasteiger partial charge in [-0.1, -0.05) is 25.1 Å². The molecular weight excluding hydrogens is 334 g/mol. The lowest BCUT2D eigenvalue weighted by Gasteiger charge is -2.12. The van der Waals surface area contributed by atoms with E-state index in [2.05, 4.69) is 58.2 Å². The van der Waals surface area contributed by atoms with Gasteiger partial charge in [0.05, 0.1) is 0 Å². The number of hydrogen-bond donors (Lipinski definition) is 1. The molecule has 1 N–H and O–H groups in total. The Labute approximate surface area is 158 Å². The van der Waals surface area contributed by atoms with Crippen LogP contribution in [-0.2, 0) is 17.8 Å². The zero-order chi connectivity index (χ0) is 18.8. The van der Waals surface area contributed by atoms with Crippen LogP contribution in [0, 0.1) is 5.92 Å². The number of carbonyl (C=O) groups excluding carboxylic acids is 1. The Morgan fingerprint density at radius 1 is 1.04 bits per heavy atom. The molecule has 0 radical (unpaired) electrons. The van der Waals surface area contributed by atoms with Gasteiger partial charge in [0.15, 0.2) is 0 Å². The van der Waals surface area contributed by atoms with Gasteiger partial charge in [-0.05, 0) is 55.3 Å². The lowest BCUT2D eigenvalue weighted by molar-refractivity contribution is -0.119. The summed E-state index contributed by atoms with van der Waals surface area (Å²) < 4.78 is 2.31. The minimum absolute atomic E-state index is 0.0328. The minimum atomic E-state index is -0.111. The standard InChI is InChI=1S/C23H23N3O/c1-3-26-21-7-5-4-6-19(21)20-15-18(8-9-22(20)26)25-23(27)16(2)14-17-10-12-24-13-11-17/h4-13,15-16H,3,14H2,1-2H3,(H,25,27). The van der Waals surface area contributed by atoms with Crippen LogP contribution < -0.4 is 5.32 Å². The molecule has 0 aliphatic rings. The fraction of sp³-hybridized carbons (Fsp3) is 0.217. The fourth-order valence-corrected chi connectivity index (χ4v) is 3.70. The third-order valence-corrected chi connectivity index (χ3v) is 5.09. The number of fused-ring (bicyclic) bond motifs is 3. The van der Waals surface area contributed by atoms with E-state index in [4.69, 9.17) is 0 Å². The highest BCUT2D eigenvalue weighted by atomic mass is 16.1. The van der Waals surface area contributed by atoms with Crippen molar-refractivity contribution in [2.24, 2.45) is 5.92 Å². The molecule has 4 rings (SSSR count). The molecule has 4 aromatic rings. The van der Waals surface area contributed by atoms with Gasteiger partial charge in [0.25, 0.3) is 0 Å². The third-order valence-electron chi connectivity index (χ3n) is 5.09. The quantitative estimate of drug-likeness (QED) is 0.545. The van der Waals surface area contributed by atoms with Gasteiger partial charge in [0.1, 0.15) is 0 Å². The first-order chi connectivity index (χ1) is 13.2. The Bertz CT molecular complexity index is 1100. The summed E-state index contributed by atoms with van der Waals surface area (Å²) in [5.41, 5.74) is 4.38. The van der Waals surface area contributed by atoms with E-state index >= 15 is 0 Å². The van der Waals surface area contributed by atoms with Crippen LogP contribution in [0.4, 0.5) is 5.69 Å². The van der Waals surface area contributed by atoms with Gasteiger partial charge in [0.2, 0.25) is 5.91 Å². The van der Waals surface area contributed by atoms with Gasteiger partial charge < -0.3 is 9.88 Å². The number of nitrogens with zero attached hydrogens (tertiary/aromatic N) is 2. The Morgan fingerprint density at radius 2 is 1.78 bits per heavy atom. The summed E-state index contributed by atoms with van der Waals surface area (Å²) in [7, 11) is 0. The molecule has 0 aliphatic carbocycles. The van der Waals surface area contributed by atoms with Crippen molar-refractivity contribution in [1.29, 1.82) is 0 Å². The van der Waals surface area contributed by atoms with Crippen molar-refractivity contribution in [1.82, 2.24) is 9.55 Å². The van der Waals surface area contributed by atoms with Gasteiger partial charge >= 0.3 is 0 Å². The van der Waals surface area contributed by atoms with E-state index in [0.29, 0.717) is 6.42 Å². The summed E-state index contributed by atoms with van der Waals surface area (Å²) in [5.74, 6) is -0.0783. The van der Waals surface area contributed by atoms with E-state index in [1.54, 1.807) is 12.4 Å². The topological polar surface area (TPSA) is 46.9 Å². The Hall–Kier alpha value is -3.14. The molecule has 0 fully saturated rings. The summed E-state index contributed by atoms with van der Waals surface area (Å²) >= 11 is 0. The smallest absolute Gasteiger partial charge is 0.227 e. The number of aromatic nitrogens is 2. The van der Waals surface area contributed by atoms with Gasteiger partial charge in [0, 0.05) is 52.3 Å². The first-order valence-corrected chi connectivity index (χ1v) is 9.38. The summed E-state index contributed by atoms with van der Waals surface area (Å²) in [6.45, 7) is 5.03. The van der Waals surface area contributed by atoms with E-state index in [-0.39, 0.29) is 11.8 Å². The number of carbonyl (C=O) groups is 1. The normalized spacial score (nSPS) is 12.4. The van der Waals surface area contributed by atoms with Crippen LogP contribution in [0.3, 0.4) is 0 Å². The zero-order valence-electron chi connectivity index (χ0n) is 15.6. The van der Waals surface area contributed by atoms with E-state index in [1.165, 1.54) is 21.8 Å². The maximum Gasteiger partial charge on any atom is 0.227 e. The van der Waals surface area contributed by atoms with Crippen LogP contribution in [0.15, 0.2) is 67.0 Å².